The van der Waals surface area contributed by atoms with Crippen molar-refractivity contribution in [3.8, 4) is 0 Å². The Balaban J connectivity index is 0.000000146. The summed E-state index contributed by atoms with van der Waals surface area (Å²) in [5.41, 5.74) is 2.84. The average molecular weight is 764 g/mol. The van der Waals surface area contributed by atoms with Crippen LogP contribution in [0.5, 0.6) is 0 Å². The molecule has 0 unspecified atom stereocenters. The molecule has 0 saturated carbocycles. The van der Waals surface area contributed by atoms with Gasteiger partial charge >= 0.3 is 18.1 Å². The number of carbonyl (C=O) groups is 3. The molecule has 0 saturated heterocycles. The first kappa shape index (κ1) is 38.1. The molecule has 0 aliphatic heterocycles. The Hall–Kier alpha value is -8.61. The van der Waals surface area contributed by atoms with Crippen molar-refractivity contribution in [3.05, 3.63) is 153 Å². The molecule has 57 heavy (non-hydrogen) atoms. The summed E-state index contributed by atoms with van der Waals surface area (Å²) in [5.74, 6) is 0.669. The lowest BCUT2D eigenvalue weighted by molar-refractivity contribution is 0.261. The van der Waals surface area contributed by atoms with Crippen molar-refractivity contribution in [2.75, 3.05) is 31.9 Å². The highest BCUT2D eigenvalue weighted by atomic mass is 19.1. The van der Waals surface area contributed by atoms with Crippen molar-refractivity contribution in [1.82, 2.24) is 44.9 Å². The molecule has 282 valence electrons. The molecule has 19 heteroatoms. The third kappa shape index (κ3) is 11.4. The summed E-state index contributed by atoms with van der Waals surface area (Å²) in [6, 6.07) is 17.6. The number of aromatic nitrogens is 9. The minimum absolute atomic E-state index is 0.204. The number of fused-ring (bicyclic) bond motifs is 2. The summed E-state index contributed by atoms with van der Waals surface area (Å²) in [6.45, 7) is 0. The van der Waals surface area contributed by atoms with Gasteiger partial charge in [-0.25, -0.2) is 33.7 Å². The highest BCUT2D eigenvalue weighted by Crippen LogP contribution is 2.24. The molecule has 0 atom stereocenters. The van der Waals surface area contributed by atoms with Crippen molar-refractivity contribution in [1.29, 1.82) is 0 Å². The Morgan fingerprint density at radius 2 is 0.930 bits per heavy atom. The molecular formula is C38H30FN15O3. The van der Waals surface area contributed by atoms with Crippen molar-refractivity contribution in [2.24, 2.45) is 0 Å². The van der Waals surface area contributed by atoms with Crippen LogP contribution in [0.2, 0.25) is 0 Å². The van der Waals surface area contributed by atoms with Crippen LogP contribution in [0.1, 0.15) is 0 Å². The standard InChI is InChI=1S/C14H10FN5O.C14H11N5O.C10H9N5O/c15-10-3-1-2-9-11(4-5-18-13(9)10)19-14(21)20-12-8-16-6-7-17-12;20-14(19-13-9-15-7-8-17-13)18-12-5-6-16-11-4-2-1-3-10(11)12;16-10(14-8-1-3-11-4-2-8)15-9-7-12-5-6-13-9/h1-8H,(H2,17,18,19,20,21);1-9H,(H2,16,17,18,19,20);1-7H,(H2,11,13,14,15,16). The summed E-state index contributed by atoms with van der Waals surface area (Å²) < 4.78 is 13.6. The Labute approximate surface area is 322 Å². The topological polar surface area (TPSA) is 239 Å². The summed E-state index contributed by atoms with van der Waals surface area (Å²) in [7, 11) is 0. The van der Waals surface area contributed by atoms with Crippen LogP contribution in [0.3, 0.4) is 0 Å². The van der Waals surface area contributed by atoms with Gasteiger partial charge in [0.2, 0.25) is 0 Å². The lowest BCUT2D eigenvalue weighted by Crippen LogP contribution is -2.20. The summed E-state index contributed by atoms with van der Waals surface area (Å²) in [5, 5.41) is 17.1. The second-order valence-electron chi connectivity index (χ2n) is 11.1. The number of benzene rings is 2. The van der Waals surface area contributed by atoms with Gasteiger partial charge in [0.25, 0.3) is 0 Å². The number of urea groups is 3. The van der Waals surface area contributed by atoms with Gasteiger partial charge in [0.05, 0.1) is 35.5 Å². The number of nitrogens with zero attached hydrogens (tertiary/aromatic N) is 9. The zero-order valence-electron chi connectivity index (χ0n) is 29.5. The maximum Gasteiger partial charge on any atom is 0.324 e. The summed E-state index contributed by atoms with van der Waals surface area (Å²) in [6.07, 6.45) is 19.7. The zero-order valence-corrected chi connectivity index (χ0v) is 29.5. The lowest BCUT2D eigenvalue weighted by atomic mass is 10.2. The number of amides is 6. The lowest BCUT2D eigenvalue weighted by Gasteiger charge is -2.09. The molecule has 18 nitrogen and oxygen atoms in total. The van der Waals surface area contributed by atoms with Crippen LogP contribution in [0, 0.1) is 5.82 Å². The molecule has 0 aliphatic rings. The Kier molecular flexibility index (Phi) is 13.0. The number of carbonyl (C=O) groups excluding carboxylic acids is 3. The first-order valence-corrected chi connectivity index (χ1v) is 16.7. The minimum Gasteiger partial charge on any atom is -0.308 e. The quantitative estimate of drug-likeness (QED) is 0.100. The Bertz CT molecular complexity index is 2510. The third-order valence-corrected chi connectivity index (χ3v) is 7.22. The SMILES string of the molecule is O=C(Nc1ccncc1)Nc1cnccn1.O=C(Nc1cnccn1)Nc1ccnc2c(F)cccc12.O=C(Nc1cnccn1)Nc1ccnc2ccccc12. The first-order chi connectivity index (χ1) is 27.9. The van der Waals surface area contributed by atoms with Crippen LogP contribution >= 0.6 is 0 Å². The molecule has 8 rings (SSSR count). The molecular weight excluding hydrogens is 734 g/mol. The minimum atomic E-state index is -0.493. The molecule has 0 bridgehead atoms. The maximum atomic E-state index is 13.6. The maximum absolute atomic E-state index is 13.6. The van der Waals surface area contributed by atoms with E-state index in [4.69, 9.17) is 0 Å². The molecule has 0 spiro atoms. The fourth-order valence-electron chi connectivity index (χ4n) is 4.80. The molecule has 6 amide bonds. The van der Waals surface area contributed by atoms with Gasteiger partial charge in [-0.05, 0) is 36.4 Å². The van der Waals surface area contributed by atoms with Gasteiger partial charge in [-0.2, -0.15) is 0 Å². The number of nitrogens with one attached hydrogen (secondary N) is 6. The predicted molar refractivity (Wildman–Crippen MR) is 212 cm³/mol. The number of anilines is 6. The second-order valence-corrected chi connectivity index (χ2v) is 11.1. The summed E-state index contributed by atoms with van der Waals surface area (Å²) in [4.78, 5) is 70.7. The number of pyridine rings is 3. The number of rotatable bonds is 6. The van der Waals surface area contributed by atoms with E-state index < -0.39 is 11.8 Å². The normalized spacial score (nSPS) is 10.1. The average Bonchev–Trinajstić information content (AvgIpc) is 3.23. The molecule has 0 aliphatic carbocycles. The van der Waals surface area contributed by atoms with Crippen molar-refractivity contribution < 1.29 is 18.8 Å². The fraction of sp³-hybridized carbons (Fsp3) is 0. The molecule has 6 N–H and O–H groups in total. The van der Waals surface area contributed by atoms with Crippen molar-refractivity contribution >= 4 is 74.4 Å². The monoisotopic (exact) mass is 763 g/mol. The van der Waals surface area contributed by atoms with Gasteiger partial charge in [-0.1, -0.05) is 30.3 Å². The van der Waals surface area contributed by atoms with E-state index >= 15 is 0 Å². The van der Waals surface area contributed by atoms with E-state index in [0.717, 1.165) is 10.9 Å². The molecule has 8 aromatic rings. The third-order valence-electron chi connectivity index (χ3n) is 7.22. The molecule has 2 aromatic carbocycles. The van der Waals surface area contributed by atoms with E-state index in [-0.39, 0.29) is 17.6 Å². The number of hydrogen-bond acceptors (Lipinski definition) is 12. The van der Waals surface area contributed by atoms with Crippen molar-refractivity contribution in [3.63, 3.8) is 0 Å². The highest BCUT2D eigenvalue weighted by Gasteiger charge is 2.10. The number of para-hydroxylation sites is 2. The van der Waals surface area contributed by atoms with Gasteiger partial charge in [-0.3, -0.25) is 45.9 Å². The molecule has 6 aromatic heterocycles. The van der Waals surface area contributed by atoms with Crippen molar-refractivity contribution in [2.45, 2.75) is 0 Å². The van der Waals surface area contributed by atoms with E-state index in [2.05, 4.69) is 76.8 Å². The number of hydrogen-bond donors (Lipinski definition) is 6. The van der Waals surface area contributed by atoms with Crippen LogP contribution in [0.4, 0.5) is 53.3 Å². The van der Waals surface area contributed by atoms with E-state index in [1.165, 1.54) is 61.8 Å². The molecule has 0 fully saturated rings. The Morgan fingerprint density at radius 3 is 1.49 bits per heavy atom. The zero-order chi connectivity index (χ0) is 39.7. The van der Waals surface area contributed by atoms with Gasteiger partial charge in [0.15, 0.2) is 17.5 Å². The van der Waals surface area contributed by atoms with Crippen LogP contribution < -0.4 is 31.9 Å². The smallest absolute Gasteiger partial charge is 0.308 e. The molecule has 6 heterocycles. The van der Waals surface area contributed by atoms with Gasteiger partial charge in [0.1, 0.15) is 11.3 Å². The summed E-state index contributed by atoms with van der Waals surface area (Å²) >= 11 is 0. The second kappa shape index (κ2) is 19.5. The largest absolute Gasteiger partial charge is 0.324 e. The van der Waals surface area contributed by atoms with Gasteiger partial charge in [-0.15, -0.1) is 0 Å². The van der Waals surface area contributed by atoms with E-state index in [1.807, 2.05) is 24.3 Å². The van der Waals surface area contributed by atoms with Gasteiger partial charge < -0.3 is 16.0 Å². The fourth-order valence-corrected chi connectivity index (χ4v) is 4.80. The number of halogens is 1. The van der Waals surface area contributed by atoms with Crippen LogP contribution in [0.15, 0.2) is 147 Å². The van der Waals surface area contributed by atoms with E-state index in [1.54, 1.807) is 61.2 Å². The molecule has 0 radical (unpaired) electrons. The van der Waals surface area contributed by atoms with Crippen LogP contribution in [-0.2, 0) is 0 Å². The van der Waals surface area contributed by atoms with Crippen LogP contribution in [0.25, 0.3) is 21.8 Å². The first-order valence-electron chi connectivity index (χ1n) is 16.7. The van der Waals surface area contributed by atoms with E-state index in [9.17, 15) is 18.8 Å². The van der Waals surface area contributed by atoms with Gasteiger partial charge in [0, 0.05) is 78.4 Å². The van der Waals surface area contributed by atoms with E-state index in [0.29, 0.717) is 39.9 Å². The Morgan fingerprint density at radius 1 is 0.421 bits per heavy atom. The van der Waals surface area contributed by atoms with Crippen LogP contribution in [-0.4, -0.2) is 62.9 Å². The predicted octanol–water partition coefficient (Wildman–Crippen LogP) is 6.99. The highest BCUT2D eigenvalue weighted by molar-refractivity contribution is 6.06.